The van der Waals surface area contributed by atoms with Crippen molar-refractivity contribution < 1.29 is 27.1 Å². The number of nitrogens with zero attached hydrogens (tertiary/aromatic N) is 3. The minimum Gasteiger partial charge on any atom is -0.468 e. The zero-order valence-corrected chi connectivity index (χ0v) is 22.6. The molecule has 3 heterocycles. The van der Waals surface area contributed by atoms with E-state index in [0.29, 0.717) is 63.6 Å². The summed E-state index contributed by atoms with van der Waals surface area (Å²) in [5, 5.41) is 4.04. The van der Waals surface area contributed by atoms with Crippen LogP contribution in [0, 0.1) is 6.92 Å². The second-order valence-electron chi connectivity index (χ2n) is 10.6. The van der Waals surface area contributed by atoms with E-state index in [1.807, 2.05) is 19.1 Å². The molecule has 1 saturated carbocycles. The number of carbonyl (C=O) groups is 1. The number of carbonyl (C=O) groups excluding carboxylic acids is 1. The lowest BCUT2D eigenvalue weighted by Gasteiger charge is -2.35. The number of ether oxygens (including phenoxy) is 1. The number of aromatic nitrogens is 2. The minimum atomic E-state index is -4.41. The molecule has 1 aromatic carbocycles. The predicted octanol–water partition coefficient (Wildman–Crippen LogP) is 5.81. The molecule has 39 heavy (non-hydrogen) atoms. The molecule has 1 amide bonds. The highest BCUT2D eigenvalue weighted by Gasteiger charge is 2.36. The van der Waals surface area contributed by atoms with Gasteiger partial charge in [0.1, 0.15) is 5.67 Å². The maximum absolute atomic E-state index is 15.7. The first-order valence-corrected chi connectivity index (χ1v) is 14.1. The van der Waals surface area contributed by atoms with Crippen LogP contribution in [0.4, 0.5) is 17.6 Å². The van der Waals surface area contributed by atoms with Crippen molar-refractivity contribution >= 4 is 27.5 Å². The molecule has 11 heteroatoms. The molecule has 1 N–H and O–H groups in total. The molecular weight excluding hydrogens is 532 g/mol. The SMILES string of the molecule is Cc1nc2ccc(C(=O)NC3CCC(F)(CCN4CCc5ccc(OCC(F)(F)F)nc5CC4)CC3)cc2s1. The van der Waals surface area contributed by atoms with Crippen molar-refractivity contribution in [1.82, 2.24) is 20.2 Å². The molecule has 1 fully saturated rings. The van der Waals surface area contributed by atoms with Gasteiger partial charge in [0, 0.05) is 49.4 Å². The van der Waals surface area contributed by atoms with Crippen molar-refractivity contribution in [2.24, 2.45) is 0 Å². The van der Waals surface area contributed by atoms with Crippen molar-refractivity contribution in [1.29, 1.82) is 0 Å². The molecule has 2 aromatic heterocycles. The molecule has 0 bridgehead atoms. The number of rotatable bonds is 7. The number of fused-ring (bicyclic) bond motifs is 2. The minimum absolute atomic E-state index is 0.0229. The summed E-state index contributed by atoms with van der Waals surface area (Å²) >= 11 is 1.56. The number of amides is 1. The quantitative estimate of drug-likeness (QED) is 0.367. The molecule has 0 saturated heterocycles. The van der Waals surface area contributed by atoms with Crippen LogP contribution in [0.5, 0.6) is 5.88 Å². The van der Waals surface area contributed by atoms with Gasteiger partial charge in [0.05, 0.1) is 15.2 Å². The summed E-state index contributed by atoms with van der Waals surface area (Å²) in [6.07, 6.45) is -0.699. The van der Waals surface area contributed by atoms with Crippen LogP contribution < -0.4 is 10.1 Å². The summed E-state index contributed by atoms with van der Waals surface area (Å²) < 4.78 is 58.8. The molecule has 0 spiro atoms. The zero-order valence-electron chi connectivity index (χ0n) is 21.8. The lowest BCUT2D eigenvalue weighted by Crippen LogP contribution is -2.43. The van der Waals surface area contributed by atoms with Crippen molar-refractivity contribution in [3.05, 3.63) is 52.2 Å². The van der Waals surface area contributed by atoms with E-state index in [4.69, 9.17) is 4.74 Å². The molecule has 0 unspecified atom stereocenters. The van der Waals surface area contributed by atoms with E-state index < -0.39 is 18.5 Å². The van der Waals surface area contributed by atoms with Crippen molar-refractivity contribution in [2.75, 3.05) is 26.2 Å². The second kappa shape index (κ2) is 11.4. The predicted molar refractivity (Wildman–Crippen MR) is 142 cm³/mol. The van der Waals surface area contributed by atoms with Crippen LogP contribution in [-0.2, 0) is 12.8 Å². The highest BCUT2D eigenvalue weighted by Crippen LogP contribution is 2.35. The van der Waals surface area contributed by atoms with Crippen LogP contribution >= 0.6 is 11.3 Å². The number of pyridine rings is 1. The molecule has 1 aliphatic heterocycles. The number of nitrogens with one attached hydrogen (secondary N) is 1. The third-order valence-electron chi connectivity index (χ3n) is 7.64. The van der Waals surface area contributed by atoms with Gasteiger partial charge < -0.3 is 15.0 Å². The molecule has 5 rings (SSSR count). The number of halogens is 4. The third kappa shape index (κ3) is 7.25. The maximum atomic E-state index is 15.7. The standard InChI is InChI=1S/C28H32F4N4O2S/c1-18-33-23-4-2-20(16-24(23)39-18)26(37)34-21-6-10-27(29,11-7-21)12-15-36-13-8-19-3-5-25(35-22(19)9-14-36)38-17-28(30,31)32/h2-5,16,21H,6-15,17H2,1H3,(H,34,37). The van der Waals surface area contributed by atoms with Gasteiger partial charge >= 0.3 is 6.18 Å². The van der Waals surface area contributed by atoms with Crippen LogP contribution in [0.2, 0.25) is 0 Å². The Morgan fingerprint density at radius 1 is 1.15 bits per heavy atom. The van der Waals surface area contributed by atoms with E-state index in [0.717, 1.165) is 33.0 Å². The van der Waals surface area contributed by atoms with Crippen LogP contribution in [0.3, 0.4) is 0 Å². The molecular formula is C28H32F4N4O2S. The van der Waals surface area contributed by atoms with Crippen LogP contribution in [-0.4, -0.2) is 64.9 Å². The average Bonchev–Trinajstić information content (AvgIpc) is 3.15. The van der Waals surface area contributed by atoms with E-state index >= 15 is 4.39 Å². The summed E-state index contributed by atoms with van der Waals surface area (Å²) in [5.41, 5.74) is 1.95. The van der Waals surface area contributed by atoms with E-state index in [1.165, 1.54) is 6.07 Å². The molecule has 0 atom stereocenters. The Bertz CT molecular complexity index is 1320. The summed E-state index contributed by atoms with van der Waals surface area (Å²) in [5.74, 6) is -0.158. The summed E-state index contributed by atoms with van der Waals surface area (Å²) in [7, 11) is 0. The smallest absolute Gasteiger partial charge is 0.422 e. The highest BCUT2D eigenvalue weighted by molar-refractivity contribution is 7.18. The van der Waals surface area contributed by atoms with E-state index in [1.54, 1.807) is 23.5 Å². The second-order valence-corrected chi connectivity index (χ2v) is 11.8. The Balaban J connectivity index is 1.07. The van der Waals surface area contributed by atoms with Gasteiger partial charge in [0.2, 0.25) is 5.88 Å². The fourth-order valence-corrected chi connectivity index (χ4v) is 6.27. The van der Waals surface area contributed by atoms with Gasteiger partial charge in [-0.05, 0) is 69.2 Å². The van der Waals surface area contributed by atoms with Crippen molar-refractivity contribution in [2.45, 2.75) is 69.8 Å². The van der Waals surface area contributed by atoms with E-state index in [2.05, 4.69) is 20.2 Å². The van der Waals surface area contributed by atoms with Gasteiger partial charge in [-0.3, -0.25) is 4.79 Å². The number of hydrogen-bond acceptors (Lipinski definition) is 6. The van der Waals surface area contributed by atoms with Gasteiger partial charge in [-0.25, -0.2) is 14.4 Å². The molecule has 2 aliphatic rings. The van der Waals surface area contributed by atoms with Crippen molar-refractivity contribution in [3.8, 4) is 5.88 Å². The van der Waals surface area contributed by atoms with E-state index in [-0.39, 0.29) is 17.8 Å². The van der Waals surface area contributed by atoms with Crippen LogP contribution in [0.25, 0.3) is 10.2 Å². The van der Waals surface area contributed by atoms with Gasteiger partial charge in [-0.1, -0.05) is 6.07 Å². The Kier molecular flexibility index (Phi) is 8.09. The fraction of sp³-hybridized carbons (Fsp3) is 0.536. The number of aryl methyl sites for hydroxylation is 1. The van der Waals surface area contributed by atoms with Gasteiger partial charge in [-0.15, -0.1) is 11.3 Å². The monoisotopic (exact) mass is 564 g/mol. The maximum Gasteiger partial charge on any atom is 0.422 e. The fourth-order valence-electron chi connectivity index (χ4n) is 5.41. The summed E-state index contributed by atoms with van der Waals surface area (Å²) in [4.78, 5) is 23.7. The molecule has 210 valence electrons. The Hall–Kier alpha value is -2.79. The lowest BCUT2D eigenvalue weighted by molar-refractivity contribution is -0.154. The topological polar surface area (TPSA) is 67.4 Å². The third-order valence-corrected chi connectivity index (χ3v) is 8.57. The van der Waals surface area contributed by atoms with Gasteiger partial charge in [-0.2, -0.15) is 13.2 Å². The Labute approximate surface area is 228 Å². The summed E-state index contributed by atoms with van der Waals surface area (Å²) in [6.45, 7) is 2.59. The largest absolute Gasteiger partial charge is 0.468 e. The first kappa shape index (κ1) is 27.8. The van der Waals surface area contributed by atoms with Gasteiger partial charge in [0.25, 0.3) is 5.91 Å². The number of hydrogen-bond donors (Lipinski definition) is 1. The molecule has 3 aromatic rings. The normalized spacial score (nSPS) is 22.3. The molecule has 0 radical (unpaired) electrons. The number of thiazole rings is 1. The lowest BCUT2D eigenvalue weighted by atomic mass is 9.81. The Morgan fingerprint density at radius 3 is 2.69 bits per heavy atom. The average molecular weight is 565 g/mol. The van der Waals surface area contributed by atoms with Crippen molar-refractivity contribution in [3.63, 3.8) is 0 Å². The summed E-state index contributed by atoms with van der Waals surface area (Å²) in [6, 6.07) is 8.72. The first-order valence-electron chi connectivity index (χ1n) is 13.3. The molecule has 6 nitrogen and oxygen atoms in total. The number of benzene rings is 1. The van der Waals surface area contributed by atoms with Gasteiger partial charge in [0.15, 0.2) is 6.61 Å². The van der Waals surface area contributed by atoms with Crippen LogP contribution in [0.15, 0.2) is 30.3 Å². The number of alkyl halides is 4. The zero-order chi connectivity index (χ0) is 27.6. The van der Waals surface area contributed by atoms with Crippen LogP contribution in [0.1, 0.15) is 58.7 Å². The molecule has 1 aliphatic carbocycles. The Morgan fingerprint density at radius 2 is 1.92 bits per heavy atom. The first-order chi connectivity index (χ1) is 18.6. The van der Waals surface area contributed by atoms with E-state index in [9.17, 15) is 18.0 Å². The highest BCUT2D eigenvalue weighted by atomic mass is 32.1.